The Balaban J connectivity index is 2.04. The van der Waals surface area contributed by atoms with Crippen molar-refractivity contribution >= 4 is 22.3 Å². The van der Waals surface area contributed by atoms with Crippen molar-refractivity contribution in [3.63, 3.8) is 0 Å². The first-order valence-corrected chi connectivity index (χ1v) is 6.58. The first-order valence-electron chi connectivity index (χ1n) is 6.58. The van der Waals surface area contributed by atoms with Gasteiger partial charge in [0.2, 0.25) is 5.89 Å². The molecular weight excluding hydrogens is 271 g/mol. The number of anilines is 2. The number of fused-ring (bicyclic) bond motifs is 1. The molecule has 21 heavy (non-hydrogen) atoms. The minimum atomic E-state index is -0.450. The van der Waals surface area contributed by atoms with Gasteiger partial charge in [-0.25, -0.2) is 9.37 Å². The first kappa shape index (κ1) is 13.4. The van der Waals surface area contributed by atoms with Crippen LogP contribution in [-0.2, 0) is 0 Å². The number of benzene rings is 1. The van der Waals surface area contributed by atoms with E-state index in [1.54, 1.807) is 18.5 Å². The molecule has 2 heterocycles. The van der Waals surface area contributed by atoms with E-state index in [2.05, 4.69) is 15.3 Å². The van der Waals surface area contributed by atoms with Crippen molar-refractivity contribution in [2.45, 2.75) is 19.9 Å². The third kappa shape index (κ3) is 2.40. The summed E-state index contributed by atoms with van der Waals surface area (Å²) in [5.41, 5.74) is 6.98. The van der Waals surface area contributed by atoms with Gasteiger partial charge in [0, 0.05) is 17.3 Å². The van der Waals surface area contributed by atoms with E-state index in [1.807, 2.05) is 19.9 Å². The summed E-state index contributed by atoms with van der Waals surface area (Å²) in [6, 6.07) is 4.57. The number of hydrogen-bond donors (Lipinski definition) is 2. The van der Waals surface area contributed by atoms with Crippen LogP contribution in [0.2, 0.25) is 0 Å². The number of pyridine rings is 1. The van der Waals surface area contributed by atoms with Gasteiger partial charge in [0.05, 0.1) is 17.4 Å². The second-order valence-corrected chi connectivity index (χ2v) is 4.90. The summed E-state index contributed by atoms with van der Waals surface area (Å²) in [6.07, 6.45) is 3.23. The van der Waals surface area contributed by atoms with Gasteiger partial charge in [-0.15, -0.1) is 0 Å². The first-order chi connectivity index (χ1) is 10.1. The maximum atomic E-state index is 14.2. The predicted molar refractivity (Wildman–Crippen MR) is 79.4 cm³/mol. The zero-order valence-electron chi connectivity index (χ0n) is 11.7. The number of nitrogens with one attached hydrogen (secondary N) is 1. The average Bonchev–Trinajstić information content (AvgIpc) is 2.90. The van der Waals surface area contributed by atoms with E-state index in [0.717, 1.165) is 0 Å². The van der Waals surface area contributed by atoms with Crippen molar-refractivity contribution < 1.29 is 8.81 Å². The van der Waals surface area contributed by atoms with Crippen molar-refractivity contribution in [2.24, 2.45) is 0 Å². The largest absolute Gasteiger partial charge is 0.444 e. The summed E-state index contributed by atoms with van der Waals surface area (Å²) in [5, 5.41) is 3.77. The highest BCUT2D eigenvalue weighted by Crippen LogP contribution is 2.31. The lowest BCUT2D eigenvalue weighted by Crippen LogP contribution is -2.09. The van der Waals surface area contributed by atoms with Crippen LogP contribution in [0, 0.1) is 12.7 Å². The van der Waals surface area contributed by atoms with Crippen LogP contribution < -0.4 is 11.1 Å². The van der Waals surface area contributed by atoms with Crippen LogP contribution >= 0.6 is 0 Å². The zero-order chi connectivity index (χ0) is 15.0. The molecule has 0 radical (unpaired) electrons. The van der Waals surface area contributed by atoms with Crippen molar-refractivity contribution in [2.75, 3.05) is 11.1 Å². The zero-order valence-corrected chi connectivity index (χ0v) is 11.7. The van der Waals surface area contributed by atoms with Gasteiger partial charge in [0.25, 0.3) is 0 Å². The monoisotopic (exact) mass is 286 g/mol. The third-order valence-electron chi connectivity index (χ3n) is 3.25. The fourth-order valence-electron chi connectivity index (χ4n) is 2.22. The van der Waals surface area contributed by atoms with Crippen molar-refractivity contribution in [3.8, 4) is 0 Å². The van der Waals surface area contributed by atoms with Crippen molar-refractivity contribution in [1.82, 2.24) is 9.97 Å². The second-order valence-electron chi connectivity index (χ2n) is 4.90. The Hall–Kier alpha value is -2.63. The Labute approximate surface area is 121 Å². The number of oxazole rings is 1. The summed E-state index contributed by atoms with van der Waals surface area (Å²) >= 11 is 0. The Morgan fingerprint density at radius 3 is 2.90 bits per heavy atom. The lowest BCUT2D eigenvalue weighted by Gasteiger charge is -2.15. The maximum absolute atomic E-state index is 14.2. The lowest BCUT2D eigenvalue weighted by molar-refractivity contribution is 0.453. The molecule has 3 N–H and O–H groups in total. The van der Waals surface area contributed by atoms with Crippen molar-refractivity contribution in [1.29, 1.82) is 0 Å². The van der Waals surface area contributed by atoms with Gasteiger partial charge < -0.3 is 15.5 Å². The molecule has 0 spiro atoms. The normalized spacial score (nSPS) is 12.5. The minimum absolute atomic E-state index is 0.290. The molecule has 0 aliphatic carbocycles. The average molecular weight is 286 g/mol. The molecule has 5 nitrogen and oxygen atoms in total. The predicted octanol–water partition coefficient (Wildman–Crippen LogP) is 3.43. The lowest BCUT2D eigenvalue weighted by atomic mass is 10.1. The molecule has 1 unspecified atom stereocenters. The van der Waals surface area contributed by atoms with Crippen LogP contribution in [0.15, 0.2) is 35.0 Å². The molecule has 0 aliphatic heterocycles. The van der Waals surface area contributed by atoms with Crippen LogP contribution in [-0.4, -0.2) is 9.97 Å². The smallest absolute Gasteiger partial charge is 0.216 e. The Bertz CT molecular complexity index is 799. The highest BCUT2D eigenvalue weighted by atomic mass is 19.1. The molecule has 2 aromatic heterocycles. The molecular formula is C15H15FN4O. The topological polar surface area (TPSA) is 77.0 Å². The van der Waals surface area contributed by atoms with Gasteiger partial charge in [-0.05, 0) is 32.0 Å². The quantitative estimate of drug-likeness (QED) is 0.721. The molecule has 3 rings (SSSR count). The molecule has 0 fully saturated rings. The number of rotatable bonds is 3. The standard InChI is InChI=1S/C15H15FN4O/c1-8-7-19-15(21-8)9(2)20-14-11(16)6-12(17)10-4-3-5-18-13(10)14/h3-7,9,20H,17H2,1-2H3. The minimum Gasteiger partial charge on any atom is -0.444 e. The van der Waals surface area contributed by atoms with Gasteiger partial charge in [0.15, 0.2) is 5.82 Å². The highest BCUT2D eigenvalue weighted by molar-refractivity contribution is 5.98. The van der Waals surface area contributed by atoms with Crippen LogP contribution in [0.3, 0.4) is 0 Å². The number of aryl methyl sites for hydroxylation is 1. The number of hydrogen-bond acceptors (Lipinski definition) is 5. The third-order valence-corrected chi connectivity index (χ3v) is 3.25. The molecule has 6 heteroatoms. The maximum Gasteiger partial charge on any atom is 0.216 e. The molecule has 0 saturated heterocycles. The summed E-state index contributed by atoms with van der Waals surface area (Å²) in [6.45, 7) is 3.65. The van der Waals surface area contributed by atoms with Crippen LogP contribution in [0.4, 0.5) is 15.8 Å². The highest BCUT2D eigenvalue weighted by Gasteiger charge is 2.17. The molecule has 1 aromatic carbocycles. The van der Waals surface area contributed by atoms with Gasteiger partial charge >= 0.3 is 0 Å². The number of nitrogens with zero attached hydrogens (tertiary/aromatic N) is 2. The summed E-state index contributed by atoms with van der Waals surface area (Å²) in [4.78, 5) is 8.36. The number of halogens is 1. The van der Waals surface area contributed by atoms with Crippen LogP contribution in [0.5, 0.6) is 0 Å². The molecule has 1 atom stereocenters. The van der Waals surface area contributed by atoms with Crippen LogP contribution in [0.25, 0.3) is 10.9 Å². The van der Waals surface area contributed by atoms with E-state index in [1.165, 1.54) is 6.07 Å². The van der Waals surface area contributed by atoms with Crippen molar-refractivity contribution in [3.05, 3.63) is 48.1 Å². The van der Waals surface area contributed by atoms with E-state index < -0.39 is 5.82 Å². The number of nitrogens with two attached hydrogens (primary N) is 1. The number of aromatic nitrogens is 2. The van der Waals surface area contributed by atoms with Gasteiger partial charge in [-0.1, -0.05) is 0 Å². The van der Waals surface area contributed by atoms with E-state index >= 15 is 0 Å². The van der Waals surface area contributed by atoms with Gasteiger partial charge in [0.1, 0.15) is 11.8 Å². The fraction of sp³-hybridized carbons (Fsp3) is 0.200. The summed E-state index contributed by atoms with van der Waals surface area (Å²) in [7, 11) is 0. The fourth-order valence-corrected chi connectivity index (χ4v) is 2.22. The molecule has 0 bridgehead atoms. The Morgan fingerprint density at radius 1 is 1.38 bits per heavy atom. The molecule has 0 amide bonds. The van der Waals surface area contributed by atoms with E-state index in [0.29, 0.717) is 33.9 Å². The SMILES string of the molecule is Cc1cnc(C(C)Nc2c(F)cc(N)c3cccnc23)o1. The van der Waals surface area contributed by atoms with Gasteiger partial charge in [-0.3, -0.25) is 4.98 Å². The second kappa shape index (κ2) is 5.05. The molecule has 0 saturated carbocycles. The Kier molecular flexibility index (Phi) is 3.21. The number of nitrogen functional groups attached to an aromatic ring is 1. The van der Waals surface area contributed by atoms with Crippen LogP contribution in [0.1, 0.15) is 24.6 Å². The molecule has 108 valence electrons. The summed E-state index contributed by atoms with van der Waals surface area (Å²) < 4.78 is 19.7. The molecule has 3 aromatic rings. The molecule has 0 aliphatic rings. The Morgan fingerprint density at radius 2 is 2.19 bits per heavy atom. The summed E-state index contributed by atoms with van der Waals surface area (Å²) in [5.74, 6) is 0.751. The van der Waals surface area contributed by atoms with Gasteiger partial charge in [-0.2, -0.15) is 0 Å². The van der Waals surface area contributed by atoms with E-state index in [9.17, 15) is 4.39 Å². The van der Waals surface area contributed by atoms with E-state index in [-0.39, 0.29) is 6.04 Å². The van der Waals surface area contributed by atoms with E-state index in [4.69, 9.17) is 10.2 Å².